The van der Waals surface area contributed by atoms with Crippen LogP contribution in [0.4, 0.5) is 5.00 Å². The quantitative estimate of drug-likeness (QED) is 0.603. The van der Waals surface area contributed by atoms with Crippen LogP contribution >= 0.6 is 22.0 Å². The van der Waals surface area contributed by atoms with Gasteiger partial charge in [0.25, 0.3) is 0 Å². The molecule has 22 heavy (non-hydrogen) atoms. The van der Waals surface area contributed by atoms with Crippen molar-refractivity contribution < 1.29 is 22.7 Å². The van der Waals surface area contributed by atoms with Crippen LogP contribution in [0.15, 0.2) is 0 Å². The van der Waals surface area contributed by atoms with Crippen LogP contribution in [0.2, 0.25) is 0 Å². The number of anilines is 1. The van der Waals surface area contributed by atoms with Crippen molar-refractivity contribution in [2.24, 2.45) is 0 Å². The van der Waals surface area contributed by atoms with Gasteiger partial charge in [0.1, 0.15) is 10.3 Å². The Balaban J connectivity index is 2.43. The van der Waals surface area contributed by atoms with E-state index in [1.54, 1.807) is 13.8 Å². The van der Waals surface area contributed by atoms with Crippen molar-refractivity contribution in [2.75, 3.05) is 18.1 Å². The summed E-state index contributed by atoms with van der Waals surface area (Å²) < 4.78 is 27.9. The van der Waals surface area contributed by atoms with E-state index in [2.05, 4.69) is 0 Å². The minimum atomic E-state index is -3.82. The standard InChI is InChI=1S/C13H16ClNO5S2/c1-4-20-13(17)11-7(2)8(3)21-12(11)15-6-9(5-10(15)16)22(14,18)19/h9H,4-6H2,1-3H3. The molecule has 0 aromatic carbocycles. The second-order valence-corrected chi connectivity index (χ2v) is 9.10. The predicted octanol–water partition coefficient (Wildman–Crippen LogP) is 2.22. The molecule has 1 unspecified atom stereocenters. The highest BCUT2D eigenvalue weighted by Gasteiger charge is 2.40. The number of halogens is 1. The summed E-state index contributed by atoms with van der Waals surface area (Å²) in [6.45, 7) is 5.49. The Hall–Kier alpha value is -1.12. The molecule has 0 N–H and O–H groups in total. The number of thiophene rings is 1. The van der Waals surface area contributed by atoms with Gasteiger partial charge in [0, 0.05) is 28.5 Å². The summed E-state index contributed by atoms with van der Waals surface area (Å²) >= 11 is 1.28. The molecule has 1 aliphatic rings. The van der Waals surface area contributed by atoms with Crippen molar-refractivity contribution in [3.63, 3.8) is 0 Å². The molecule has 1 atom stereocenters. The number of amides is 1. The van der Waals surface area contributed by atoms with E-state index in [4.69, 9.17) is 15.4 Å². The zero-order valence-corrected chi connectivity index (χ0v) is 14.8. The molecular formula is C13H16ClNO5S2. The molecule has 122 valence electrons. The van der Waals surface area contributed by atoms with E-state index in [-0.39, 0.29) is 25.5 Å². The lowest BCUT2D eigenvalue weighted by Crippen LogP contribution is -2.27. The van der Waals surface area contributed by atoms with Crippen LogP contribution in [0.25, 0.3) is 0 Å². The second-order valence-electron chi connectivity index (χ2n) is 4.99. The van der Waals surface area contributed by atoms with Gasteiger partial charge in [-0.15, -0.1) is 11.3 Å². The minimum absolute atomic E-state index is 0.0452. The van der Waals surface area contributed by atoms with Crippen molar-refractivity contribution in [3.05, 3.63) is 16.0 Å². The number of nitrogens with zero attached hydrogens (tertiary/aromatic N) is 1. The van der Waals surface area contributed by atoms with Gasteiger partial charge in [-0.1, -0.05) is 0 Å². The molecule has 0 spiro atoms. The van der Waals surface area contributed by atoms with Crippen LogP contribution < -0.4 is 4.90 Å². The lowest BCUT2D eigenvalue weighted by Gasteiger charge is -2.16. The van der Waals surface area contributed by atoms with E-state index < -0.39 is 20.3 Å². The molecule has 0 aliphatic carbocycles. The maximum absolute atomic E-state index is 12.1. The number of carbonyl (C=O) groups is 2. The highest BCUT2D eigenvalue weighted by atomic mass is 35.7. The molecule has 2 rings (SSSR count). The van der Waals surface area contributed by atoms with Gasteiger partial charge in [-0.3, -0.25) is 4.79 Å². The van der Waals surface area contributed by atoms with Gasteiger partial charge >= 0.3 is 5.97 Å². The lowest BCUT2D eigenvalue weighted by molar-refractivity contribution is -0.117. The zero-order valence-electron chi connectivity index (χ0n) is 12.4. The molecule has 1 saturated heterocycles. The summed E-state index contributed by atoms with van der Waals surface area (Å²) in [6, 6.07) is 0. The molecule has 9 heteroatoms. The van der Waals surface area contributed by atoms with E-state index >= 15 is 0 Å². The second kappa shape index (κ2) is 6.17. The van der Waals surface area contributed by atoms with Gasteiger partial charge in [-0.25, -0.2) is 13.2 Å². The molecule has 1 amide bonds. The van der Waals surface area contributed by atoms with Crippen molar-refractivity contribution >= 4 is 47.9 Å². The molecular weight excluding hydrogens is 350 g/mol. The highest BCUT2D eigenvalue weighted by molar-refractivity contribution is 8.14. The first kappa shape index (κ1) is 17.2. The Labute approximate surface area is 137 Å². The minimum Gasteiger partial charge on any atom is -0.462 e. The number of hydrogen-bond donors (Lipinski definition) is 0. The fourth-order valence-corrected chi connectivity index (χ4v) is 4.50. The number of ether oxygens (including phenoxy) is 1. The van der Waals surface area contributed by atoms with E-state index in [0.717, 1.165) is 10.4 Å². The van der Waals surface area contributed by atoms with Crippen LogP contribution in [0, 0.1) is 13.8 Å². The Morgan fingerprint density at radius 1 is 1.45 bits per heavy atom. The maximum atomic E-state index is 12.1. The van der Waals surface area contributed by atoms with Crippen LogP contribution in [-0.4, -0.2) is 38.7 Å². The van der Waals surface area contributed by atoms with E-state index in [1.807, 2.05) is 6.92 Å². The van der Waals surface area contributed by atoms with Gasteiger partial charge < -0.3 is 9.64 Å². The highest BCUT2D eigenvalue weighted by Crippen LogP contribution is 2.39. The SMILES string of the molecule is CCOC(=O)c1c(N2CC(S(=O)(=O)Cl)CC2=O)sc(C)c1C. The van der Waals surface area contributed by atoms with Crippen LogP contribution in [0.5, 0.6) is 0 Å². The van der Waals surface area contributed by atoms with Gasteiger partial charge in [-0.2, -0.15) is 0 Å². The van der Waals surface area contributed by atoms with E-state index in [0.29, 0.717) is 10.6 Å². The number of hydrogen-bond acceptors (Lipinski definition) is 6. The lowest BCUT2D eigenvalue weighted by atomic mass is 10.1. The van der Waals surface area contributed by atoms with Gasteiger partial charge in [0.15, 0.2) is 0 Å². The summed E-state index contributed by atoms with van der Waals surface area (Å²) in [6.07, 6.45) is -0.176. The Bertz CT molecular complexity index is 725. The summed E-state index contributed by atoms with van der Waals surface area (Å²) in [5, 5.41) is -0.527. The van der Waals surface area contributed by atoms with Gasteiger partial charge in [-0.05, 0) is 26.3 Å². The predicted molar refractivity (Wildman–Crippen MR) is 85.3 cm³/mol. The fraction of sp³-hybridized carbons (Fsp3) is 0.538. The molecule has 6 nitrogen and oxygen atoms in total. The molecule has 1 aliphatic heterocycles. The third kappa shape index (κ3) is 3.13. The summed E-state index contributed by atoms with van der Waals surface area (Å²) in [5.41, 5.74) is 1.06. The molecule has 1 aromatic rings. The van der Waals surface area contributed by atoms with Crippen molar-refractivity contribution in [1.82, 2.24) is 0 Å². The number of rotatable bonds is 4. The average Bonchev–Trinajstić information content (AvgIpc) is 2.91. The van der Waals surface area contributed by atoms with Crippen molar-refractivity contribution in [3.8, 4) is 0 Å². The Kier molecular flexibility index (Phi) is 4.84. The third-order valence-electron chi connectivity index (χ3n) is 3.58. The van der Waals surface area contributed by atoms with Crippen molar-refractivity contribution in [2.45, 2.75) is 32.4 Å². The normalized spacial score (nSPS) is 18.8. The average molecular weight is 366 g/mol. The molecule has 0 saturated carbocycles. The van der Waals surface area contributed by atoms with Crippen LogP contribution in [-0.2, 0) is 18.6 Å². The smallest absolute Gasteiger partial charge is 0.341 e. The first-order valence-corrected chi connectivity index (χ1v) is 9.86. The third-order valence-corrected chi connectivity index (χ3v) is 6.68. The Morgan fingerprint density at radius 2 is 2.09 bits per heavy atom. The first-order valence-electron chi connectivity index (χ1n) is 6.67. The van der Waals surface area contributed by atoms with E-state index in [9.17, 15) is 18.0 Å². The maximum Gasteiger partial charge on any atom is 0.341 e. The molecule has 1 fully saturated rings. The fourth-order valence-electron chi connectivity index (χ4n) is 2.30. The molecule has 0 radical (unpaired) electrons. The zero-order chi connectivity index (χ0) is 16.7. The Morgan fingerprint density at radius 3 is 2.59 bits per heavy atom. The molecule has 0 bridgehead atoms. The number of esters is 1. The molecule has 1 aromatic heterocycles. The van der Waals surface area contributed by atoms with Crippen molar-refractivity contribution in [1.29, 1.82) is 0 Å². The summed E-state index contributed by atoms with van der Waals surface area (Å²) in [4.78, 5) is 26.5. The van der Waals surface area contributed by atoms with Crippen LogP contribution in [0.3, 0.4) is 0 Å². The van der Waals surface area contributed by atoms with E-state index in [1.165, 1.54) is 16.2 Å². The van der Waals surface area contributed by atoms with Crippen LogP contribution in [0.1, 0.15) is 34.1 Å². The topological polar surface area (TPSA) is 80.8 Å². The van der Waals surface area contributed by atoms with Gasteiger partial charge in [0.2, 0.25) is 15.0 Å². The summed E-state index contributed by atoms with van der Waals surface area (Å²) in [5.74, 6) is -0.870. The monoisotopic (exact) mass is 365 g/mol. The molecule has 2 heterocycles. The number of aryl methyl sites for hydroxylation is 1. The largest absolute Gasteiger partial charge is 0.462 e. The summed E-state index contributed by atoms with van der Waals surface area (Å²) in [7, 11) is 1.53. The first-order chi connectivity index (χ1) is 10.2. The van der Waals surface area contributed by atoms with Gasteiger partial charge in [0.05, 0.1) is 12.2 Å². The number of carbonyl (C=O) groups excluding carboxylic acids is 2.